The zero-order chi connectivity index (χ0) is 18.6. The largest absolute Gasteiger partial charge is 0.480 e. The second-order valence-corrected chi connectivity index (χ2v) is 7.70. The summed E-state index contributed by atoms with van der Waals surface area (Å²) in [6.45, 7) is 4.74. The van der Waals surface area contributed by atoms with Crippen molar-refractivity contribution in [2.75, 3.05) is 25.1 Å². The summed E-state index contributed by atoms with van der Waals surface area (Å²) < 4.78 is 0. The lowest BCUT2D eigenvalue weighted by Crippen LogP contribution is -2.63. The number of amides is 2. The van der Waals surface area contributed by atoms with Gasteiger partial charge in [0.2, 0.25) is 11.8 Å². The van der Waals surface area contributed by atoms with E-state index in [0.717, 1.165) is 5.75 Å². The molecule has 2 aliphatic heterocycles. The van der Waals surface area contributed by atoms with Crippen LogP contribution in [0.25, 0.3) is 0 Å². The highest BCUT2D eigenvalue weighted by Crippen LogP contribution is 2.36. The zero-order valence-corrected chi connectivity index (χ0v) is 16.1. The van der Waals surface area contributed by atoms with Gasteiger partial charge in [-0.2, -0.15) is 11.8 Å². The van der Waals surface area contributed by atoms with Crippen LogP contribution in [-0.2, 0) is 14.4 Å². The van der Waals surface area contributed by atoms with E-state index in [4.69, 9.17) is 0 Å². The minimum Gasteiger partial charge on any atom is -0.480 e. The van der Waals surface area contributed by atoms with Crippen molar-refractivity contribution in [2.45, 2.75) is 63.7 Å². The van der Waals surface area contributed by atoms with Crippen LogP contribution in [0.5, 0.6) is 0 Å². The molecule has 0 radical (unpaired) electrons. The summed E-state index contributed by atoms with van der Waals surface area (Å²) >= 11 is 1.67. The molecule has 2 atom stereocenters. The molecular formula is C17H29N3O4S. The van der Waals surface area contributed by atoms with E-state index in [0.29, 0.717) is 45.2 Å². The van der Waals surface area contributed by atoms with Gasteiger partial charge in [-0.3, -0.25) is 14.9 Å². The number of carbonyl (C=O) groups excluding carboxylic acids is 2. The van der Waals surface area contributed by atoms with E-state index >= 15 is 0 Å². The molecule has 8 heteroatoms. The number of nitrogens with one attached hydrogen (secondary N) is 1. The fraction of sp³-hybridized carbons (Fsp3) is 0.824. The van der Waals surface area contributed by atoms with Crippen LogP contribution in [-0.4, -0.2) is 75.5 Å². The number of likely N-dealkylation sites (tertiary alicyclic amines) is 1. The summed E-state index contributed by atoms with van der Waals surface area (Å²) in [5.41, 5.74) is -0.649. The van der Waals surface area contributed by atoms with Gasteiger partial charge in [-0.1, -0.05) is 13.8 Å². The second kappa shape index (κ2) is 8.40. The van der Waals surface area contributed by atoms with Crippen molar-refractivity contribution < 1.29 is 19.5 Å². The molecule has 2 N–H and O–H groups in total. The first-order valence-electron chi connectivity index (χ1n) is 9.00. The predicted octanol–water partition coefficient (Wildman–Crippen LogP) is 1.13. The van der Waals surface area contributed by atoms with Gasteiger partial charge in [-0.05, 0) is 24.9 Å². The third kappa shape index (κ3) is 3.95. The van der Waals surface area contributed by atoms with Crippen LogP contribution in [0.15, 0.2) is 0 Å². The van der Waals surface area contributed by atoms with Crippen LogP contribution in [0.3, 0.4) is 0 Å². The fourth-order valence-corrected chi connectivity index (χ4v) is 4.39. The average Bonchev–Trinajstić information content (AvgIpc) is 2.86. The molecule has 0 saturated carbocycles. The topological polar surface area (TPSA) is 90.0 Å². The van der Waals surface area contributed by atoms with Gasteiger partial charge in [0.15, 0.2) is 0 Å². The average molecular weight is 372 g/mol. The Kier molecular flexibility index (Phi) is 6.73. The summed E-state index contributed by atoms with van der Waals surface area (Å²) in [6, 6.07) is -1.16. The molecule has 0 aliphatic carbocycles. The molecule has 2 saturated heterocycles. The van der Waals surface area contributed by atoms with Gasteiger partial charge in [0.1, 0.15) is 6.04 Å². The minimum atomic E-state index is -0.963. The maximum absolute atomic E-state index is 13.0. The van der Waals surface area contributed by atoms with Gasteiger partial charge in [-0.15, -0.1) is 0 Å². The Hall–Kier alpha value is -1.28. The molecule has 2 rings (SSSR count). The van der Waals surface area contributed by atoms with Crippen LogP contribution >= 0.6 is 11.8 Å². The summed E-state index contributed by atoms with van der Waals surface area (Å²) in [5.74, 6) is -0.124. The minimum absolute atomic E-state index is 0.106. The number of nitrogens with zero attached hydrogens (tertiary/aromatic N) is 2. The van der Waals surface area contributed by atoms with Crippen molar-refractivity contribution in [3.8, 4) is 0 Å². The molecule has 2 fully saturated rings. The molecule has 142 valence electrons. The molecule has 0 bridgehead atoms. The Morgan fingerprint density at radius 3 is 2.48 bits per heavy atom. The fourth-order valence-electron chi connectivity index (χ4n) is 3.92. The van der Waals surface area contributed by atoms with Gasteiger partial charge in [0.05, 0.1) is 11.7 Å². The van der Waals surface area contributed by atoms with E-state index in [1.807, 2.05) is 18.1 Å². The van der Waals surface area contributed by atoms with Crippen molar-refractivity contribution >= 4 is 29.5 Å². The normalized spacial score (nSPS) is 24.0. The number of carboxylic acid groups (broad SMARTS) is 1. The highest BCUT2D eigenvalue weighted by atomic mass is 32.2. The predicted molar refractivity (Wildman–Crippen MR) is 97.3 cm³/mol. The Morgan fingerprint density at radius 2 is 2.00 bits per heavy atom. The quantitative estimate of drug-likeness (QED) is 0.697. The Labute approximate surface area is 153 Å². The van der Waals surface area contributed by atoms with Gasteiger partial charge < -0.3 is 14.9 Å². The van der Waals surface area contributed by atoms with Crippen LogP contribution in [0.1, 0.15) is 46.0 Å². The van der Waals surface area contributed by atoms with Gasteiger partial charge in [0.25, 0.3) is 0 Å². The molecule has 0 aromatic heterocycles. The van der Waals surface area contributed by atoms with Crippen LogP contribution in [0, 0.1) is 0 Å². The molecule has 7 nitrogen and oxygen atoms in total. The monoisotopic (exact) mass is 371 g/mol. The Balaban J connectivity index is 2.24. The second-order valence-electron chi connectivity index (χ2n) is 6.71. The third-order valence-electron chi connectivity index (χ3n) is 5.28. The molecule has 2 aliphatic rings. The number of carbonyl (C=O) groups is 3. The highest BCUT2D eigenvalue weighted by Gasteiger charge is 2.54. The van der Waals surface area contributed by atoms with Crippen molar-refractivity contribution in [3.05, 3.63) is 0 Å². The SMILES string of the molecule is CCC(=O)N1CCC2(CC1)NC(CCSC)C(=O)N2C(CC)C(=O)O. The molecule has 0 aromatic carbocycles. The number of thioether (sulfide) groups is 1. The van der Waals surface area contributed by atoms with Crippen molar-refractivity contribution in [2.24, 2.45) is 0 Å². The maximum Gasteiger partial charge on any atom is 0.326 e. The lowest BCUT2D eigenvalue weighted by atomic mass is 9.93. The number of aliphatic carboxylic acids is 1. The number of hydrogen-bond acceptors (Lipinski definition) is 5. The summed E-state index contributed by atoms with van der Waals surface area (Å²) in [7, 11) is 0. The van der Waals surface area contributed by atoms with Gasteiger partial charge in [0, 0.05) is 32.4 Å². The highest BCUT2D eigenvalue weighted by molar-refractivity contribution is 7.98. The zero-order valence-electron chi connectivity index (χ0n) is 15.3. The molecular weight excluding hydrogens is 342 g/mol. The number of rotatable bonds is 7. The molecule has 25 heavy (non-hydrogen) atoms. The van der Waals surface area contributed by atoms with E-state index in [-0.39, 0.29) is 17.9 Å². The van der Waals surface area contributed by atoms with E-state index in [1.54, 1.807) is 23.6 Å². The molecule has 2 unspecified atom stereocenters. The van der Waals surface area contributed by atoms with Crippen LogP contribution in [0.4, 0.5) is 0 Å². The first-order valence-corrected chi connectivity index (χ1v) is 10.4. The molecule has 0 aromatic rings. The maximum atomic E-state index is 13.0. The first kappa shape index (κ1) is 20.0. The van der Waals surface area contributed by atoms with Crippen molar-refractivity contribution in [1.29, 1.82) is 0 Å². The molecule has 2 amide bonds. The standard InChI is InChI=1S/C17H29N3O4S/c1-4-13(16(23)24)20-15(22)12(6-11-25-3)18-17(20)7-9-19(10-8-17)14(21)5-2/h12-13,18H,4-11H2,1-3H3,(H,23,24). The molecule has 1 spiro atoms. The van der Waals surface area contributed by atoms with E-state index in [9.17, 15) is 19.5 Å². The lowest BCUT2D eigenvalue weighted by molar-refractivity contribution is -0.155. The smallest absolute Gasteiger partial charge is 0.326 e. The van der Waals surface area contributed by atoms with E-state index < -0.39 is 17.7 Å². The summed E-state index contributed by atoms with van der Waals surface area (Å²) in [6.07, 6.45) is 4.66. The third-order valence-corrected chi connectivity index (χ3v) is 5.92. The molecule has 2 heterocycles. The Morgan fingerprint density at radius 1 is 1.36 bits per heavy atom. The van der Waals surface area contributed by atoms with Crippen molar-refractivity contribution in [1.82, 2.24) is 15.1 Å². The number of hydrogen-bond donors (Lipinski definition) is 2. The van der Waals surface area contributed by atoms with Gasteiger partial charge in [-0.25, -0.2) is 4.79 Å². The van der Waals surface area contributed by atoms with Crippen LogP contribution in [0.2, 0.25) is 0 Å². The summed E-state index contributed by atoms with van der Waals surface area (Å²) in [4.78, 5) is 40.0. The first-order chi connectivity index (χ1) is 11.9. The summed E-state index contributed by atoms with van der Waals surface area (Å²) in [5, 5.41) is 13.1. The number of carboxylic acids is 1. The lowest BCUT2D eigenvalue weighted by Gasteiger charge is -2.46. The Bertz CT molecular complexity index is 520. The van der Waals surface area contributed by atoms with Crippen molar-refractivity contribution in [3.63, 3.8) is 0 Å². The van der Waals surface area contributed by atoms with E-state index in [1.165, 1.54) is 0 Å². The van der Waals surface area contributed by atoms with E-state index in [2.05, 4.69) is 5.32 Å². The van der Waals surface area contributed by atoms with Crippen LogP contribution < -0.4 is 5.32 Å². The number of piperidine rings is 1. The van der Waals surface area contributed by atoms with Gasteiger partial charge >= 0.3 is 5.97 Å².